The van der Waals surface area contributed by atoms with Crippen LogP contribution in [0.2, 0.25) is 5.02 Å². The molecule has 0 aliphatic rings. The minimum Gasteiger partial charge on any atom is -0.492 e. The summed E-state index contributed by atoms with van der Waals surface area (Å²) in [5.41, 5.74) is 0. The number of ether oxygens (including phenoxy) is 1. The molecule has 0 spiro atoms. The number of rotatable bonds is 8. The molecular formula is C13H20ClNO4S. The molecule has 1 aromatic carbocycles. The van der Waals surface area contributed by atoms with Gasteiger partial charge in [0.15, 0.2) is 0 Å². The van der Waals surface area contributed by atoms with Gasteiger partial charge in [-0.25, -0.2) is 13.1 Å². The molecule has 0 radical (unpaired) electrons. The monoisotopic (exact) mass is 321 g/mol. The highest BCUT2D eigenvalue weighted by molar-refractivity contribution is 7.89. The third-order valence-electron chi connectivity index (χ3n) is 2.71. The molecule has 7 heteroatoms. The highest BCUT2D eigenvalue weighted by Gasteiger charge is 2.20. The molecule has 0 amide bonds. The third kappa shape index (κ3) is 4.63. The molecule has 114 valence electrons. The molecule has 1 aromatic rings. The van der Waals surface area contributed by atoms with Crippen molar-refractivity contribution in [1.29, 1.82) is 0 Å². The van der Waals surface area contributed by atoms with Crippen LogP contribution >= 0.6 is 11.6 Å². The van der Waals surface area contributed by atoms with Crippen molar-refractivity contribution in [1.82, 2.24) is 4.72 Å². The van der Waals surface area contributed by atoms with E-state index in [0.29, 0.717) is 23.8 Å². The maximum absolute atomic E-state index is 12.2. The van der Waals surface area contributed by atoms with Gasteiger partial charge in [-0.1, -0.05) is 25.4 Å². The SMILES string of the molecule is CCCOc1cc(S(=O)(=O)N[C@@H](CC)CO)ccc1Cl. The maximum atomic E-state index is 12.2. The second kappa shape index (κ2) is 7.83. The van der Waals surface area contributed by atoms with Crippen LogP contribution in [0.1, 0.15) is 26.7 Å². The van der Waals surface area contributed by atoms with E-state index in [9.17, 15) is 8.42 Å². The van der Waals surface area contributed by atoms with Gasteiger partial charge in [0.25, 0.3) is 0 Å². The number of halogens is 1. The zero-order valence-electron chi connectivity index (χ0n) is 11.6. The van der Waals surface area contributed by atoms with Gasteiger partial charge in [0.1, 0.15) is 5.75 Å². The molecule has 2 N–H and O–H groups in total. The number of hydrogen-bond donors (Lipinski definition) is 2. The van der Waals surface area contributed by atoms with Crippen LogP contribution in [0.3, 0.4) is 0 Å². The number of nitrogens with one attached hydrogen (secondary N) is 1. The first-order chi connectivity index (χ1) is 9.44. The van der Waals surface area contributed by atoms with Gasteiger partial charge in [-0.05, 0) is 25.0 Å². The van der Waals surface area contributed by atoms with Crippen LogP contribution in [0.15, 0.2) is 23.1 Å². The Balaban J connectivity index is 3.00. The van der Waals surface area contributed by atoms with Crippen molar-refractivity contribution >= 4 is 21.6 Å². The van der Waals surface area contributed by atoms with E-state index in [-0.39, 0.29) is 11.5 Å². The Morgan fingerprint density at radius 2 is 2.10 bits per heavy atom. The summed E-state index contributed by atoms with van der Waals surface area (Å²) in [6, 6.07) is 3.79. The van der Waals surface area contributed by atoms with Gasteiger partial charge in [-0.2, -0.15) is 0 Å². The normalized spacial score (nSPS) is 13.2. The van der Waals surface area contributed by atoms with Gasteiger partial charge in [0, 0.05) is 12.1 Å². The highest BCUT2D eigenvalue weighted by atomic mass is 35.5. The molecule has 0 fully saturated rings. The van der Waals surface area contributed by atoms with Gasteiger partial charge < -0.3 is 9.84 Å². The minimum absolute atomic E-state index is 0.0694. The Morgan fingerprint density at radius 3 is 2.65 bits per heavy atom. The average molecular weight is 322 g/mol. The van der Waals surface area contributed by atoms with E-state index >= 15 is 0 Å². The number of sulfonamides is 1. The number of benzene rings is 1. The lowest BCUT2D eigenvalue weighted by Gasteiger charge is -2.15. The fourth-order valence-electron chi connectivity index (χ4n) is 1.51. The van der Waals surface area contributed by atoms with E-state index in [1.54, 1.807) is 6.92 Å². The smallest absolute Gasteiger partial charge is 0.241 e. The summed E-state index contributed by atoms with van der Waals surface area (Å²) < 4.78 is 32.2. The van der Waals surface area contributed by atoms with Crippen LogP contribution < -0.4 is 9.46 Å². The van der Waals surface area contributed by atoms with E-state index in [0.717, 1.165) is 6.42 Å². The molecule has 1 rings (SSSR count). The van der Waals surface area contributed by atoms with Gasteiger partial charge in [-0.3, -0.25) is 0 Å². The second-order valence-electron chi connectivity index (χ2n) is 4.35. The van der Waals surface area contributed by atoms with Crippen molar-refractivity contribution < 1.29 is 18.3 Å². The zero-order valence-corrected chi connectivity index (χ0v) is 13.2. The van der Waals surface area contributed by atoms with Crippen LogP contribution in [0.4, 0.5) is 0 Å². The Morgan fingerprint density at radius 1 is 1.40 bits per heavy atom. The Bertz CT molecular complexity index is 529. The molecular weight excluding hydrogens is 302 g/mol. The summed E-state index contributed by atoms with van der Waals surface area (Å²) in [7, 11) is -3.70. The first kappa shape index (κ1) is 17.2. The van der Waals surface area contributed by atoms with E-state index in [1.807, 2.05) is 6.92 Å². The fraction of sp³-hybridized carbons (Fsp3) is 0.538. The van der Waals surface area contributed by atoms with Crippen molar-refractivity contribution in [3.8, 4) is 5.75 Å². The van der Waals surface area contributed by atoms with E-state index < -0.39 is 16.1 Å². The molecule has 0 heterocycles. The van der Waals surface area contributed by atoms with Crippen molar-refractivity contribution in [3.63, 3.8) is 0 Å². The van der Waals surface area contributed by atoms with Gasteiger partial charge >= 0.3 is 0 Å². The van der Waals surface area contributed by atoms with Gasteiger partial charge in [-0.15, -0.1) is 0 Å². The van der Waals surface area contributed by atoms with E-state index in [2.05, 4.69) is 4.72 Å². The first-order valence-electron chi connectivity index (χ1n) is 6.50. The van der Waals surface area contributed by atoms with Crippen molar-refractivity contribution in [2.75, 3.05) is 13.2 Å². The lowest BCUT2D eigenvalue weighted by Crippen LogP contribution is -2.36. The van der Waals surface area contributed by atoms with E-state index in [4.69, 9.17) is 21.4 Å². The lowest BCUT2D eigenvalue weighted by atomic mass is 10.3. The minimum atomic E-state index is -3.70. The number of aliphatic hydroxyl groups is 1. The predicted molar refractivity (Wildman–Crippen MR) is 78.7 cm³/mol. The number of aliphatic hydroxyl groups excluding tert-OH is 1. The van der Waals surface area contributed by atoms with Crippen LogP contribution in [0.25, 0.3) is 0 Å². The first-order valence-corrected chi connectivity index (χ1v) is 8.36. The third-order valence-corrected chi connectivity index (χ3v) is 4.54. The fourth-order valence-corrected chi connectivity index (χ4v) is 3.01. The number of hydrogen-bond acceptors (Lipinski definition) is 4. The molecule has 0 aromatic heterocycles. The van der Waals surface area contributed by atoms with Crippen molar-refractivity contribution in [2.45, 2.75) is 37.6 Å². The molecule has 5 nitrogen and oxygen atoms in total. The largest absolute Gasteiger partial charge is 0.492 e. The molecule has 0 saturated carbocycles. The van der Waals surface area contributed by atoms with Crippen LogP contribution in [0, 0.1) is 0 Å². The summed E-state index contributed by atoms with van der Waals surface area (Å²) in [6.07, 6.45) is 1.30. The molecule has 0 unspecified atom stereocenters. The zero-order chi connectivity index (χ0) is 15.2. The maximum Gasteiger partial charge on any atom is 0.241 e. The molecule has 0 saturated heterocycles. The molecule has 20 heavy (non-hydrogen) atoms. The summed E-state index contributed by atoms with van der Waals surface area (Å²) in [5, 5.41) is 9.45. The van der Waals surface area contributed by atoms with Crippen molar-refractivity contribution in [3.05, 3.63) is 23.2 Å². The quantitative estimate of drug-likeness (QED) is 0.769. The van der Waals surface area contributed by atoms with Crippen LogP contribution in [-0.2, 0) is 10.0 Å². The lowest BCUT2D eigenvalue weighted by molar-refractivity contribution is 0.254. The van der Waals surface area contributed by atoms with Gasteiger partial charge in [0.2, 0.25) is 10.0 Å². The molecule has 0 bridgehead atoms. The summed E-state index contributed by atoms with van der Waals surface area (Å²) >= 11 is 5.96. The topological polar surface area (TPSA) is 75.6 Å². The standard InChI is InChI=1S/C13H20ClNO4S/c1-3-7-19-13-8-11(5-6-12(13)14)20(17,18)15-10(4-2)9-16/h5-6,8,10,15-16H,3-4,7,9H2,1-2H3/t10-/m0/s1. The average Bonchev–Trinajstić information content (AvgIpc) is 2.43. The molecule has 0 aliphatic carbocycles. The Hall–Kier alpha value is -0.820. The molecule has 1 atom stereocenters. The highest BCUT2D eigenvalue weighted by Crippen LogP contribution is 2.27. The molecule has 0 aliphatic heterocycles. The predicted octanol–water partition coefficient (Wildman–Crippen LogP) is 2.18. The van der Waals surface area contributed by atoms with Crippen LogP contribution in [-0.4, -0.2) is 32.8 Å². The summed E-state index contributed by atoms with van der Waals surface area (Å²) in [4.78, 5) is 0.0694. The van der Waals surface area contributed by atoms with Crippen LogP contribution in [0.5, 0.6) is 5.75 Å². The van der Waals surface area contributed by atoms with Gasteiger partial charge in [0.05, 0.1) is 23.1 Å². The summed E-state index contributed by atoms with van der Waals surface area (Å²) in [6.45, 7) is 3.96. The Labute approximate surface area is 125 Å². The second-order valence-corrected chi connectivity index (χ2v) is 6.47. The van der Waals surface area contributed by atoms with Crippen molar-refractivity contribution in [2.24, 2.45) is 0 Å². The van der Waals surface area contributed by atoms with E-state index in [1.165, 1.54) is 18.2 Å². The Kier molecular flexibility index (Phi) is 6.75. The summed E-state index contributed by atoms with van der Waals surface area (Å²) in [5.74, 6) is 0.341.